The van der Waals surface area contributed by atoms with Gasteiger partial charge in [0.1, 0.15) is 5.60 Å². The third-order valence-electron chi connectivity index (χ3n) is 1.94. The second-order valence-electron chi connectivity index (χ2n) is 2.89. The second kappa shape index (κ2) is 2.67. The highest BCUT2D eigenvalue weighted by atomic mass is 16.3. The minimum absolute atomic E-state index is 0.138. The first-order valence-corrected chi connectivity index (χ1v) is 3.45. The lowest BCUT2D eigenvalue weighted by molar-refractivity contribution is -0.00257. The number of aliphatic hydroxyl groups is 2. The monoisotopic (exact) mass is 160 g/mol. The van der Waals surface area contributed by atoms with E-state index in [4.69, 9.17) is 10.8 Å². The number of hydrogen-bond acceptors (Lipinski definition) is 3. The second-order valence-corrected chi connectivity index (χ2v) is 2.89. The summed E-state index contributed by atoms with van der Waals surface area (Å²) in [5, 5.41) is 18.1. The van der Waals surface area contributed by atoms with Crippen molar-refractivity contribution in [2.75, 3.05) is 19.7 Å². The standard InChI is InChI=1S/C6H12N2O3/c7-5(10)8-2-1-6(11,3-8)4-9/h9,11H,1-4H2,(H2,7,10). The zero-order chi connectivity index (χ0) is 8.48. The van der Waals surface area contributed by atoms with Crippen LogP contribution in [0.25, 0.3) is 0 Å². The molecule has 1 atom stereocenters. The summed E-state index contributed by atoms with van der Waals surface area (Å²) in [5.41, 5.74) is 3.84. The van der Waals surface area contributed by atoms with Crippen molar-refractivity contribution in [1.29, 1.82) is 0 Å². The van der Waals surface area contributed by atoms with Crippen molar-refractivity contribution in [3.63, 3.8) is 0 Å². The fourth-order valence-electron chi connectivity index (χ4n) is 1.17. The van der Waals surface area contributed by atoms with E-state index in [1.165, 1.54) is 4.90 Å². The minimum atomic E-state index is -1.13. The topological polar surface area (TPSA) is 86.8 Å². The Hall–Kier alpha value is -0.810. The number of β-amino-alcohol motifs (C(OH)–C–C–N with tert-alkyl or cyclic N) is 1. The summed E-state index contributed by atoms with van der Waals surface area (Å²) in [6, 6.07) is -0.547. The van der Waals surface area contributed by atoms with Crippen LogP contribution < -0.4 is 5.73 Å². The highest BCUT2D eigenvalue weighted by molar-refractivity contribution is 5.72. The predicted octanol–water partition coefficient (Wildman–Crippen LogP) is -1.51. The van der Waals surface area contributed by atoms with Crippen LogP contribution in [-0.2, 0) is 0 Å². The van der Waals surface area contributed by atoms with Crippen LogP contribution in [0.4, 0.5) is 4.79 Å². The average Bonchev–Trinajstić information content (AvgIpc) is 2.33. The van der Waals surface area contributed by atoms with Gasteiger partial charge < -0.3 is 20.8 Å². The third-order valence-corrected chi connectivity index (χ3v) is 1.94. The number of primary amides is 1. The van der Waals surface area contributed by atoms with Gasteiger partial charge in [0.05, 0.1) is 13.2 Å². The molecular weight excluding hydrogens is 148 g/mol. The molecule has 4 N–H and O–H groups in total. The summed E-state index contributed by atoms with van der Waals surface area (Å²) in [5.74, 6) is 0. The Bertz CT molecular complexity index is 173. The molecule has 64 valence electrons. The molecule has 1 fully saturated rings. The smallest absolute Gasteiger partial charge is 0.314 e. The van der Waals surface area contributed by atoms with Crippen LogP contribution in [0, 0.1) is 0 Å². The number of nitrogens with zero attached hydrogens (tertiary/aromatic N) is 1. The van der Waals surface area contributed by atoms with Gasteiger partial charge in [0.15, 0.2) is 0 Å². The Labute approximate surface area is 64.4 Å². The van der Waals surface area contributed by atoms with Gasteiger partial charge in [0.2, 0.25) is 0 Å². The Balaban J connectivity index is 2.53. The highest BCUT2D eigenvalue weighted by Crippen LogP contribution is 2.19. The molecule has 1 rings (SSSR count). The van der Waals surface area contributed by atoms with E-state index in [1.54, 1.807) is 0 Å². The maximum atomic E-state index is 10.6. The molecule has 1 aliphatic heterocycles. The predicted molar refractivity (Wildman–Crippen MR) is 37.8 cm³/mol. The summed E-state index contributed by atoms with van der Waals surface area (Å²) in [6.07, 6.45) is 0.395. The van der Waals surface area contributed by atoms with Crippen LogP contribution in [0.15, 0.2) is 0 Å². The molecule has 5 nitrogen and oxygen atoms in total. The number of aliphatic hydroxyl groups excluding tert-OH is 1. The molecule has 1 saturated heterocycles. The Kier molecular flexibility index (Phi) is 2.01. The summed E-state index contributed by atoms with van der Waals surface area (Å²) < 4.78 is 0. The molecule has 0 spiro atoms. The molecule has 11 heavy (non-hydrogen) atoms. The minimum Gasteiger partial charge on any atom is -0.393 e. The Morgan fingerprint density at radius 1 is 1.73 bits per heavy atom. The maximum absolute atomic E-state index is 10.6. The first kappa shape index (κ1) is 8.29. The lowest BCUT2D eigenvalue weighted by Crippen LogP contribution is -2.40. The molecule has 1 heterocycles. The number of amides is 2. The molecule has 0 aromatic carbocycles. The largest absolute Gasteiger partial charge is 0.393 e. The van der Waals surface area contributed by atoms with Gasteiger partial charge in [-0.1, -0.05) is 0 Å². The number of carbonyl (C=O) groups excluding carboxylic acids is 1. The average molecular weight is 160 g/mol. The number of likely N-dealkylation sites (tertiary alicyclic amines) is 1. The number of nitrogens with two attached hydrogens (primary N) is 1. The molecule has 1 unspecified atom stereocenters. The van der Waals surface area contributed by atoms with E-state index in [0.717, 1.165) is 0 Å². The van der Waals surface area contributed by atoms with Gasteiger partial charge in [0.25, 0.3) is 0 Å². The van der Waals surface area contributed by atoms with Gasteiger partial charge in [-0.2, -0.15) is 0 Å². The van der Waals surface area contributed by atoms with Crippen molar-refractivity contribution < 1.29 is 15.0 Å². The first-order chi connectivity index (χ1) is 5.07. The van der Waals surface area contributed by atoms with Gasteiger partial charge in [-0.3, -0.25) is 0 Å². The van der Waals surface area contributed by atoms with Crippen molar-refractivity contribution >= 4 is 6.03 Å². The molecule has 1 aliphatic rings. The van der Waals surface area contributed by atoms with Gasteiger partial charge >= 0.3 is 6.03 Å². The lowest BCUT2D eigenvalue weighted by atomic mass is 10.1. The zero-order valence-corrected chi connectivity index (χ0v) is 6.16. The van der Waals surface area contributed by atoms with E-state index in [1.807, 2.05) is 0 Å². The maximum Gasteiger partial charge on any atom is 0.314 e. The fourth-order valence-corrected chi connectivity index (χ4v) is 1.17. The molecular formula is C6H12N2O3. The van der Waals surface area contributed by atoms with Crippen LogP contribution in [0.5, 0.6) is 0 Å². The van der Waals surface area contributed by atoms with E-state index in [0.29, 0.717) is 13.0 Å². The van der Waals surface area contributed by atoms with Crippen LogP contribution in [0.3, 0.4) is 0 Å². The molecule has 0 bridgehead atoms. The van der Waals surface area contributed by atoms with E-state index in [9.17, 15) is 9.90 Å². The molecule has 0 radical (unpaired) electrons. The van der Waals surface area contributed by atoms with E-state index in [-0.39, 0.29) is 13.2 Å². The van der Waals surface area contributed by atoms with E-state index >= 15 is 0 Å². The van der Waals surface area contributed by atoms with Crippen LogP contribution >= 0.6 is 0 Å². The molecule has 2 amide bonds. The van der Waals surface area contributed by atoms with Crippen molar-refractivity contribution in [1.82, 2.24) is 4.90 Å². The molecule has 0 saturated carbocycles. The number of carbonyl (C=O) groups is 1. The van der Waals surface area contributed by atoms with Crippen molar-refractivity contribution in [2.45, 2.75) is 12.0 Å². The Morgan fingerprint density at radius 3 is 2.64 bits per heavy atom. The molecule has 0 aliphatic carbocycles. The van der Waals surface area contributed by atoms with Gasteiger partial charge in [-0.25, -0.2) is 4.79 Å². The van der Waals surface area contributed by atoms with Gasteiger partial charge in [-0.15, -0.1) is 0 Å². The van der Waals surface area contributed by atoms with Crippen molar-refractivity contribution in [3.05, 3.63) is 0 Å². The molecule has 0 aromatic heterocycles. The third kappa shape index (κ3) is 1.61. The SMILES string of the molecule is NC(=O)N1CCC(O)(CO)C1. The normalized spacial score (nSPS) is 30.9. The fraction of sp³-hybridized carbons (Fsp3) is 0.833. The quantitative estimate of drug-likeness (QED) is 0.436. The highest BCUT2D eigenvalue weighted by Gasteiger charge is 2.36. The first-order valence-electron chi connectivity index (χ1n) is 3.45. The van der Waals surface area contributed by atoms with Crippen molar-refractivity contribution in [3.8, 4) is 0 Å². The van der Waals surface area contributed by atoms with Gasteiger partial charge in [-0.05, 0) is 6.42 Å². The van der Waals surface area contributed by atoms with Crippen molar-refractivity contribution in [2.24, 2.45) is 5.73 Å². The lowest BCUT2D eigenvalue weighted by Gasteiger charge is -2.19. The number of hydrogen-bond donors (Lipinski definition) is 3. The molecule has 5 heteroatoms. The summed E-state index contributed by atoms with van der Waals surface area (Å²) in [6.45, 7) is 0.238. The zero-order valence-electron chi connectivity index (χ0n) is 6.16. The van der Waals surface area contributed by atoms with Crippen LogP contribution in [-0.4, -0.2) is 46.4 Å². The summed E-state index contributed by atoms with van der Waals surface area (Å²) in [4.78, 5) is 11.9. The van der Waals surface area contributed by atoms with E-state index in [2.05, 4.69) is 0 Å². The summed E-state index contributed by atoms with van der Waals surface area (Å²) in [7, 11) is 0. The van der Waals surface area contributed by atoms with Gasteiger partial charge in [0, 0.05) is 6.54 Å². The molecule has 0 aromatic rings. The van der Waals surface area contributed by atoms with E-state index < -0.39 is 11.6 Å². The summed E-state index contributed by atoms with van der Waals surface area (Å²) >= 11 is 0. The van der Waals surface area contributed by atoms with Crippen LogP contribution in [0.2, 0.25) is 0 Å². The Morgan fingerprint density at radius 2 is 2.36 bits per heavy atom. The van der Waals surface area contributed by atoms with Crippen LogP contribution in [0.1, 0.15) is 6.42 Å². The number of rotatable bonds is 1. The number of urea groups is 1.